The molecule has 1 aliphatic rings. The molecule has 19 heavy (non-hydrogen) atoms. The van der Waals surface area contributed by atoms with E-state index in [-0.39, 0.29) is 0 Å². The van der Waals surface area contributed by atoms with Gasteiger partial charge >= 0.3 is 0 Å². The van der Waals surface area contributed by atoms with Gasteiger partial charge in [-0.25, -0.2) is 15.8 Å². The molecule has 0 spiro atoms. The lowest BCUT2D eigenvalue weighted by Gasteiger charge is -2.35. The molecule has 7 nitrogen and oxygen atoms in total. The van der Waals surface area contributed by atoms with Crippen LogP contribution in [0.2, 0.25) is 0 Å². The number of aliphatic hydroxyl groups is 1. The van der Waals surface area contributed by atoms with Crippen molar-refractivity contribution in [3.8, 4) is 0 Å². The molecule has 1 aliphatic heterocycles. The van der Waals surface area contributed by atoms with Crippen LogP contribution in [0.1, 0.15) is 18.7 Å². The molecule has 1 fully saturated rings. The predicted octanol–water partition coefficient (Wildman–Crippen LogP) is 0.0483. The summed E-state index contributed by atoms with van der Waals surface area (Å²) in [4.78, 5) is 10.4. The van der Waals surface area contributed by atoms with Gasteiger partial charge in [-0.15, -0.1) is 0 Å². The highest BCUT2D eigenvalue weighted by molar-refractivity contribution is 5.48. The van der Waals surface area contributed by atoms with E-state index >= 15 is 0 Å². The summed E-state index contributed by atoms with van der Waals surface area (Å²) in [6, 6.07) is 1.76. The van der Waals surface area contributed by atoms with Gasteiger partial charge in [-0.05, 0) is 6.92 Å². The Morgan fingerprint density at radius 3 is 2.79 bits per heavy atom. The minimum Gasteiger partial charge on any atom is -0.388 e. The third-order valence-electron chi connectivity index (χ3n) is 3.32. The van der Waals surface area contributed by atoms with Gasteiger partial charge in [-0.3, -0.25) is 0 Å². The molecule has 7 heteroatoms. The fraction of sp³-hybridized carbons (Fsp3) is 0.667. The van der Waals surface area contributed by atoms with Crippen LogP contribution in [0.25, 0.3) is 0 Å². The molecule has 0 aromatic carbocycles. The zero-order chi connectivity index (χ0) is 13.9. The average molecular weight is 267 g/mol. The molecule has 1 aromatic rings. The molecule has 0 saturated carbocycles. The summed E-state index contributed by atoms with van der Waals surface area (Å²) in [6.07, 6.45) is 1.28. The van der Waals surface area contributed by atoms with Gasteiger partial charge in [0.2, 0.25) is 0 Å². The van der Waals surface area contributed by atoms with E-state index in [1.54, 1.807) is 13.0 Å². The number of ether oxygens (including phenoxy) is 1. The van der Waals surface area contributed by atoms with Crippen molar-refractivity contribution in [2.45, 2.75) is 25.4 Å². The molecular weight excluding hydrogens is 246 g/mol. The number of nitrogens with two attached hydrogens (primary N) is 1. The molecule has 1 saturated heterocycles. The Balaban J connectivity index is 2.10. The first-order valence-electron chi connectivity index (χ1n) is 6.36. The molecule has 4 N–H and O–H groups in total. The van der Waals surface area contributed by atoms with Crippen LogP contribution in [-0.2, 0) is 4.74 Å². The van der Waals surface area contributed by atoms with Gasteiger partial charge in [0.05, 0.1) is 5.60 Å². The van der Waals surface area contributed by atoms with Crippen molar-refractivity contribution in [3.05, 3.63) is 11.9 Å². The Morgan fingerprint density at radius 2 is 2.16 bits per heavy atom. The van der Waals surface area contributed by atoms with Crippen LogP contribution in [0.4, 0.5) is 11.6 Å². The number of nitrogen functional groups attached to an aromatic ring is 1. The summed E-state index contributed by atoms with van der Waals surface area (Å²) in [6.45, 7) is 3.52. The number of rotatable bonds is 4. The monoisotopic (exact) mass is 267 g/mol. The minimum absolute atomic E-state index is 0.511. The highest BCUT2D eigenvalue weighted by Crippen LogP contribution is 2.24. The van der Waals surface area contributed by atoms with Gasteiger partial charge in [0.25, 0.3) is 0 Å². The zero-order valence-corrected chi connectivity index (χ0v) is 11.4. The number of likely N-dealkylation sites (N-methyl/N-ethyl adjacent to an activating group) is 1. The second-order valence-electron chi connectivity index (χ2n) is 5.00. The Labute approximate surface area is 112 Å². The van der Waals surface area contributed by atoms with Crippen LogP contribution < -0.4 is 16.2 Å². The summed E-state index contributed by atoms with van der Waals surface area (Å²) in [5.74, 6) is 7.31. The van der Waals surface area contributed by atoms with E-state index in [2.05, 4.69) is 15.4 Å². The minimum atomic E-state index is -0.720. The fourth-order valence-electron chi connectivity index (χ4n) is 2.25. The number of hydrogen-bond acceptors (Lipinski definition) is 7. The first-order chi connectivity index (χ1) is 9.02. The molecule has 0 unspecified atom stereocenters. The quantitative estimate of drug-likeness (QED) is 0.524. The van der Waals surface area contributed by atoms with E-state index in [1.165, 1.54) is 0 Å². The lowest BCUT2D eigenvalue weighted by Crippen LogP contribution is -2.46. The molecular formula is C12H21N5O2. The first kappa shape index (κ1) is 14.0. The van der Waals surface area contributed by atoms with Crippen molar-refractivity contribution >= 4 is 11.6 Å². The molecule has 2 rings (SSSR count). The van der Waals surface area contributed by atoms with Gasteiger partial charge in [0.1, 0.15) is 17.5 Å². The maximum atomic E-state index is 10.5. The summed E-state index contributed by atoms with van der Waals surface area (Å²) < 4.78 is 5.28. The third kappa shape index (κ3) is 3.52. The van der Waals surface area contributed by atoms with Crippen LogP contribution in [0, 0.1) is 6.92 Å². The summed E-state index contributed by atoms with van der Waals surface area (Å²) in [5.41, 5.74) is 1.80. The van der Waals surface area contributed by atoms with E-state index in [1.807, 2.05) is 11.9 Å². The Bertz CT molecular complexity index is 434. The molecule has 0 atom stereocenters. The smallest absolute Gasteiger partial charge is 0.145 e. The molecule has 0 amide bonds. The van der Waals surface area contributed by atoms with Crippen molar-refractivity contribution < 1.29 is 9.84 Å². The lowest BCUT2D eigenvalue weighted by atomic mass is 9.94. The molecule has 0 aliphatic carbocycles. The van der Waals surface area contributed by atoms with Crippen LogP contribution in [0.5, 0.6) is 0 Å². The average Bonchev–Trinajstić information content (AvgIpc) is 2.38. The zero-order valence-electron chi connectivity index (χ0n) is 11.4. The Morgan fingerprint density at radius 1 is 1.47 bits per heavy atom. The van der Waals surface area contributed by atoms with Crippen LogP contribution in [-0.4, -0.2) is 47.5 Å². The number of nitrogens with zero attached hydrogens (tertiary/aromatic N) is 3. The van der Waals surface area contributed by atoms with E-state index in [0.29, 0.717) is 44.2 Å². The number of hydrazine groups is 1. The molecule has 1 aromatic heterocycles. The van der Waals surface area contributed by atoms with E-state index in [4.69, 9.17) is 10.6 Å². The van der Waals surface area contributed by atoms with Gasteiger partial charge in [0, 0.05) is 45.7 Å². The number of hydrogen-bond donors (Lipinski definition) is 3. The van der Waals surface area contributed by atoms with Crippen LogP contribution in [0.15, 0.2) is 6.07 Å². The van der Waals surface area contributed by atoms with Gasteiger partial charge in [0.15, 0.2) is 0 Å². The van der Waals surface area contributed by atoms with E-state index in [0.717, 1.165) is 5.82 Å². The van der Waals surface area contributed by atoms with Crippen molar-refractivity contribution in [3.63, 3.8) is 0 Å². The highest BCUT2D eigenvalue weighted by atomic mass is 16.5. The maximum Gasteiger partial charge on any atom is 0.145 e. The van der Waals surface area contributed by atoms with Gasteiger partial charge in [-0.2, -0.15) is 0 Å². The lowest BCUT2D eigenvalue weighted by molar-refractivity contribution is -0.0573. The fourth-order valence-corrected chi connectivity index (χ4v) is 2.25. The first-order valence-corrected chi connectivity index (χ1v) is 6.36. The molecule has 0 bridgehead atoms. The predicted molar refractivity (Wildman–Crippen MR) is 72.9 cm³/mol. The molecule has 0 radical (unpaired) electrons. The second-order valence-corrected chi connectivity index (χ2v) is 5.00. The van der Waals surface area contributed by atoms with Crippen molar-refractivity contribution in [1.82, 2.24) is 9.97 Å². The van der Waals surface area contributed by atoms with Gasteiger partial charge in [-0.1, -0.05) is 0 Å². The normalized spacial score (nSPS) is 18.1. The molecule has 106 valence electrons. The molecule has 2 heterocycles. The van der Waals surface area contributed by atoms with E-state index < -0.39 is 5.60 Å². The van der Waals surface area contributed by atoms with Crippen molar-refractivity contribution in [2.24, 2.45) is 5.84 Å². The highest BCUT2D eigenvalue weighted by Gasteiger charge is 2.31. The van der Waals surface area contributed by atoms with Crippen molar-refractivity contribution in [2.75, 3.05) is 37.1 Å². The SMILES string of the molecule is Cc1nc(NN)cc(N(C)CC2(O)CCOCC2)n1. The number of aromatic nitrogens is 2. The van der Waals surface area contributed by atoms with Crippen molar-refractivity contribution in [1.29, 1.82) is 0 Å². The Kier molecular flexibility index (Phi) is 4.18. The van der Waals surface area contributed by atoms with E-state index in [9.17, 15) is 5.11 Å². The topological polar surface area (TPSA) is 96.5 Å². The number of anilines is 2. The summed E-state index contributed by atoms with van der Waals surface area (Å²) >= 11 is 0. The maximum absolute atomic E-state index is 10.5. The summed E-state index contributed by atoms with van der Waals surface area (Å²) in [7, 11) is 1.90. The van der Waals surface area contributed by atoms with Crippen LogP contribution >= 0.6 is 0 Å². The second kappa shape index (κ2) is 5.68. The standard InChI is InChI=1S/C12H21N5O2/c1-9-14-10(16-13)7-11(15-9)17(2)8-12(18)3-5-19-6-4-12/h7,18H,3-6,8,13H2,1-2H3,(H,14,15,16). The number of aryl methyl sites for hydroxylation is 1. The van der Waals surface area contributed by atoms with Crippen LogP contribution in [0.3, 0.4) is 0 Å². The van der Waals surface area contributed by atoms with Gasteiger partial charge < -0.3 is 20.2 Å². The largest absolute Gasteiger partial charge is 0.388 e. The number of nitrogens with one attached hydrogen (secondary N) is 1. The third-order valence-corrected chi connectivity index (χ3v) is 3.32. The summed E-state index contributed by atoms with van der Waals surface area (Å²) in [5, 5.41) is 10.5. The Hall–Kier alpha value is -1.44.